The van der Waals surface area contributed by atoms with Gasteiger partial charge in [0.15, 0.2) is 11.6 Å². The van der Waals surface area contributed by atoms with E-state index in [0.29, 0.717) is 73.0 Å². The molecule has 4 aromatic heterocycles. The number of aryl methyl sites for hydroxylation is 3. The first-order chi connectivity index (χ1) is 30.0. The quantitative estimate of drug-likeness (QED) is 0.138. The summed E-state index contributed by atoms with van der Waals surface area (Å²) in [6.07, 6.45) is 2.16. The first kappa shape index (κ1) is 46.0. The maximum absolute atomic E-state index is 14.9. The van der Waals surface area contributed by atoms with Crippen molar-refractivity contribution in [2.45, 2.75) is 86.4 Å². The van der Waals surface area contributed by atoms with Gasteiger partial charge in [0.2, 0.25) is 11.8 Å². The molecule has 0 saturated carbocycles. The van der Waals surface area contributed by atoms with E-state index in [1.807, 2.05) is 32.4 Å². The number of carbonyl (C=O) groups excluding carboxylic acids is 2. The third-order valence-corrected chi connectivity index (χ3v) is 10.9. The number of hydrogen-bond acceptors (Lipinski definition) is 8. The summed E-state index contributed by atoms with van der Waals surface area (Å²) in [6.45, 7) is 13.1. The Kier molecular flexibility index (Phi) is 14.0. The lowest BCUT2D eigenvalue weighted by molar-refractivity contribution is -0.130. The van der Waals surface area contributed by atoms with Crippen molar-refractivity contribution in [2.24, 2.45) is 21.1 Å². The summed E-state index contributed by atoms with van der Waals surface area (Å²) < 4.78 is 76.7. The molecule has 0 aliphatic carbocycles. The van der Waals surface area contributed by atoms with Gasteiger partial charge in [-0.25, -0.2) is 22.0 Å². The molecule has 2 aromatic carbocycles. The highest BCUT2D eigenvalue weighted by Gasteiger charge is 2.29. The first-order valence-corrected chi connectivity index (χ1v) is 20.7. The fourth-order valence-corrected chi connectivity index (χ4v) is 7.79. The standard InChI is InChI=1S/C22H26F2N6O.C20H21F3N6O.C2H6/c1-13(2)30-20-7-8-29(14(3)31)12-19(20)22(27-30)26-16-5-6-17(18(9-16)21(23)24)15-10-25-28(4)11-15;1-11(30)29-5-4-18-15(10-29)20(26-28(18)3)25-17-7-14(19(22)23)13(6-16(17)21)12-8-24-27(2)9-12;1-2/h5-6,9-11,13,21H,7-8,12H2,1-4H3,(H,26,27);6-9,19H,4-5,10H2,1-3H3,(H,25,26);1-2H3. The molecular weight excluding hydrogens is 824 g/mol. The zero-order chi connectivity index (χ0) is 45.9. The third-order valence-electron chi connectivity index (χ3n) is 10.9. The van der Waals surface area contributed by atoms with Gasteiger partial charge in [0.05, 0.1) is 31.2 Å². The number of alkyl halides is 4. The molecule has 14 nitrogen and oxygen atoms in total. The molecule has 2 amide bonds. The van der Waals surface area contributed by atoms with Gasteiger partial charge in [-0.15, -0.1) is 0 Å². The number of rotatable bonds is 9. The van der Waals surface area contributed by atoms with Crippen LogP contribution in [0.2, 0.25) is 0 Å². The maximum Gasteiger partial charge on any atom is 0.264 e. The number of fused-ring (bicyclic) bond motifs is 2. The van der Waals surface area contributed by atoms with Gasteiger partial charge >= 0.3 is 0 Å². The van der Waals surface area contributed by atoms with Crippen molar-refractivity contribution in [3.63, 3.8) is 0 Å². The largest absolute Gasteiger partial charge is 0.338 e. The second kappa shape index (κ2) is 19.2. The number of carbonyl (C=O) groups is 2. The van der Waals surface area contributed by atoms with E-state index in [-0.39, 0.29) is 40.2 Å². The van der Waals surface area contributed by atoms with Crippen LogP contribution in [0.5, 0.6) is 0 Å². The molecule has 2 aliphatic heterocycles. The summed E-state index contributed by atoms with van der Waals surface area (Å²) in [5.41, 5.74) is 5.35. The topological polar surface area (TPSA) is 136 Å². The van der Waals surface area contributed by atoms with Gasteiger partial charge in [0.25, 0.3) is 12.9 Å². The van der Waals surface area contributed by atoms with Crippen molar-refractivity contribution in [1.82, 2.24) is 48.9 Å². The first-order valence-electron chi connectivity index (χ1n) is 20.7. The van der Waals surface area contributed by atoms with Gasteiger partial charge in [-0.2, -0.15) is 20.4 Å². The summed E-state index contributed by atoms with van der Waals surface area (Å²) in [4.78, 5) is 27.1. The highest BCUT2D eigenvalue weighted by molar-refractivity contribution is 5.76. The van der Waals surface area contributed by atoms with E-state index >= 15 is 0 Å². The number of nitrogens with one attached hydrogen (secondary N) is 2. The van der Waals surface area contributed by atoms with Crippen LogP contribution in [0.1, 0.15) is 94.1 Å². The van der Waals surface area contributed by atoms with Crippen LogP contribution in [0.15, 0.2) is 55.1 Å². The van der Waals surface area contributed by atoms with Crippen molar-refractivity contribution in [3.8, 4) is 22.3 Å². The van der Waals surface area contributed by atoms with E-state index in [2.05, 4.69) is 25.9 Å². The van der Waals surface area contributed by atoms with Gasteiger partial charge in [-0.3, -0.25) is 28.3 Å². The average Bonchev–Trinajstić information content (AvgIpc) is 4.05. The number of halogens is 5. The second-order valence-electron chi connectivity index (χ2n) is 15.5. The molecule has 0 fully saturated rings. The minimum Gasteiger partial charge on any atom is -0.338 e. The van der Waals surface area contributed by atoms with Crippen LogP contribution in [0.25, 0.3) is 22.3 Å². The Labute approximate surface area is 362 Å². The monoisotopic (exact) mass is 876 g/mol. The average molecular weight is 877 g/mol. The van der Waals surface area contributed by atoms with Crippen LogP contribution < -0.4 is 10.6 Å². The van der Waals surface area contributed by atoms with Gasteiger partial charge in [0, 0.05) is 130 Å². The molecule has 336 valence electrons. The molecule has 6 aromatic rings. The zero-order valence-electron chi connectivity index (χ0n) is 36.8. The lowest BCUT2D eigenvalue weighted by atomic mass is 10.0. The van der Waals surface area contributed by atoms with E-state index in [9.17, 15) is 31.5 Å². The Morgan fingerprint density at radius 3 is 1.75 bits per heavy atom. The van der Waals surface area contributed by atoms with Gasteiger partial charge < -0.3 is 20.4 Å². The predicted octanol–water partition coefficient (Wildman–Crippen LogP) is 9.02. The Hall–Kier alpha value is -6.53. The van der Waals surface area contributed by atoms with Crippen LogP contribution in [0, 0.1) is 5.82 Å². The third kappa shape index (κ3) is 9.92. The molecule has 0 atom stereocenters. The lowest BCUT2D eigenvalue weighted by Crippen LogP contribution is -2.34. The Morgan fingerprint density at radius 1 is 0.698 bits per heavy atom. The molecule has 0 saturated heterocycles. The van der Waals surface area contributed by atoms with Crippen LogP contribution in [-0.2, 0) is 56.7 Å². The number of anilines is 4. The highest BCUT2D eigenvalue weighted by atomic mass is 19.3. The van der Waals surface area contributed by atoms with Gasteiger partial charge in [-0.1, -0.05) is 19.9 Å². The highest BCUT2D eigenvalue weighted by Crippen LogP contribution is 2.38. The molecule has 8 rings (SSSR count). The molecule has 0 unspecified atom stereocenters. The van der Waals surface area contributed by atoms with Crippen molar-refractivity contribution in [1.29, 1.82) is 0 Å². The van der Waals surface area contributed by atoms with Crippen molar-refractivity contribution in [2.75, 3.05) is 23.7 Å². The summed E-state index contributed by atoms with van der Waals surface area (Å²) in [6, 6.07) is 7.24. The van der Waals surface area contributed by atoms with Crippen LogP contribution in [-0.4, -0.2) is 73.8 Å². The Bertz CT molecular complexity index is 2590. The van der Waals surface area contributed by atoms with Gasteiger partial charge in [-0.05, 0) is 49.2 Å². The number of hydrogen-bond donors (Lipinski definition) is 2. The molecular formula is C44H53F5N12O2. The Balaban J connectivity index is 0.000000202. The van der Waals surface area contributed by atoms with Crippen LogP contribution >= 0.6 is 0 Å². The lowest BCUT2D eigenvalue weighted by Gasteiger charge is -2.27. The summed E-state index contributed by atoms with van der Waals surface area (Å²) in [5, 5.41) is 23.2. The fraction of sp³-hybridized carbons (Fsp3) is 0.409. The van der Waals surface area contributed by atoms with Crippen molar-refractivity contribution >= 4 is 34.8 Å². The number of aromatic nitrogens is 8. The fourth-order valence-electron chi connectivity index (χ4n) is 7.79. The molecule has 6 heterocycles. The zero-order valence-corrected chi connectivity index (χ0v) is 36.8. The smallest absolute Gasteiger partial charge is 0.264 e. The van der Waals surface area contributed by atoms with E-state index in [1.165, 1.54) is 23.9 Å². The van der Waals surface area contributed by atoms with Crippen molar-refractivity contribution < 1.29 is 31.5 Å². The van der Waals surface area contributed by atoms with Gasteiger partial charge in [0.1, 0.15) is 5.82 Å². The number of nitrogens with zero attached hydrogens (tertiary/aromatic N) is 10. The summed E-state index contributed by atoms with van der Waals surface area (Å²) in [5.74, 6) is 0.213. The van der Waals surface area contributed by atoms with Crippen LogP contribution in [0.3, 0.4) is 0 Å². The molecule has 19 heteroatoms. The van der Waals surface area contributed by atoms with E-state index in [1.54, 1.807) is 78.0 Å². The summed E-state index contributed by atoms with van der Waals surface area (Å²) in [7, 11) is 5.17. The van der Waals surface area contributed by atoms with E-state index in [0.717, 1.165) is 34.6 Å². The minimum atomic E-state index is -2.80. The molecule has 2 N–H and O–H groups in total. The maximum atomic E-state index is 14.9. The molecule has 63 heavy (non-hydrogen) atoms. The summed E-state index contributed by atoms with van der Waals surface area (Å²) >= 11 is 0. The minimum absolute atomic E-state index is 0.00899. The molecule has 0 radical (unpaired) electrons. The normalized spacial score (nSPS) is 13.3. The van der Waals surface area contributed by atoms with E-state index in [4.69, 9.17) is 5.10 Å². The molecule has 0 spiro atoms. The number of amides is 2. The van der Waals surface area contributed by atoms with E-state index < -0.39 is 18.7 Å². The number of benzene rings is 2. The van der Waals surface area contributed by atoms with Crippen molar-refractivity contribution in [3.05, 3.63) is 94.6 Å². The Morgan fingerprint density at radius 2 is 1.22 bits per heavy atom. The predicted molar refractivity (Wildman–Crippen MR) is 230 cm³/mol. The van der Waals surface area contributed by atoms with Crippen LogP contribution in [0.4, 0.5) is 45.0 Å². The SMILES string of the molecule is CC.CC(=O)N1CCc2c(c(Nc3cc(C(F)F)c(-c4cnn(C)c4)cc3F)nn2C)C1.CC(=O)N1CCc2c(c(Nc3ccc(-c4cnn(C)c4)c(C(F)F)c3)nn2C(C)C)C1. The molecule has 0 bridgehead atoms. The molecule has 2 aliphatic rings. The second-order valence-corrected chi connectivity index (χ2v) is 15.5.